The van der Waals surface area contributed by atoms with Crippen LogP contribution in [0.2, 0.25) is 0 Å². The standard InChI is InChI=1S/C10H14FNOS/c1-12-9(6-13)7-14-10-4-2-3-8(11)5-10/h2-5,9,12-13H,6-7H2,1H3. The van der Waals surface area contributed by atoms with E-state index in [4.69, 9.17) is 5.11 Å². The van der Waals surface area contributed by atoms with Crippen molar-refractivity contribution >= 4 is 11.8 Å². The van der Waals surface area contributed by atoms with Crippen molar-refractivity contribution in [3.8, 4) is 0 Å². The van der Waals surface area contributed by atoms with Crippen LogP contribution in [-0.2, 0) is 0 Å². The van der Waals surface area contributed by atoms with Crippen LogP contribution in [0, 0.1) is 5.82 Å². The fourth-order valence-corrected chi connectivity index (χ4v) is 2.02. The van der Waals surface area contributed by atoms with E-state index in [9.17, 15) is 4.39 Å². The summed E-state index contributed by atoms with van der Waals surface area (Å²) in [6.45, 7) is 0.0960. The monoisotopic (exact) mass is 215 g/mol. The van der Waals surface area contributed by atoms with Crippen LogP contribution >= 0.6 is 11.8 Å². The van der Waals surface area contributed by atoms with Gasteiger partial charge in [0.05, 0.1) is 6.61 Å². The zero-order chi connectivity index (χ0) is 10.4. The van der Waals surface area contributed by atoms with E-state index in [0.29, 0.717) is 0 Å². The van der Waals surface area contributed by atoms with Crippen LogP contribution in [0.3, 0.4) is 0 Å². The van der Waals surface area contributed by atoms with Crippen molar-refractivity contribution in [2.75, 3.05) is 19.4 Å². The van der Waals surface area contributed by atoms with Gasteiger partial charge in [0.1, 0.15) is 5.82 Å². The summed E-state index contributed by atoms with van der Waals surface area (Å²) in [5.41, 5.74) is 0. The second kappa shape index (κ2) is 6.01. The Labute approximate surface area is 87.5 Å². The molecule has 0 aliphatic heterocycles. The number of thioether (sulfide) groups is 1. The first-order chi connectivity index (χ1) is 6.76. The minimum Gasteiger partial charge on any atom is -0.395 e. The molecule has 0 saturated heterocycles. The Balaban J connectivity index is 2.44. The first-order valence-corrected chi connectivity index (χ1v) is 5.41. The SMILES string of the molecule is CNC(CO)CSc1cccc(F)c1. The third kappa shape index (κ3) is 3.65. The molecule has 2 N–H and O–H groups in total. The molecule has 0 aromatic heterocycles. The maximum atomic E-state index is 12.8. The van der Waals surface area contributed by atoms with Gasteiger partial charge < -0.3 is 10.4 Å². The van der Waals surface area contributed by atoms with E-state index in [-0.39, 0.29) is 18.5 Å². The smallest absolute Gasteiger partial charge is 0.124 e. The van der Waals surface area contributed by atoms with E-state index in [0.717, 1.165) is 10.6 Å². The molecule has 0 fully saturated rings. The van der Waals surface area contributed by atoms with Gasteiger partial charge in [-0.25, -0.2) is 4.39 Å². The summed E-state index contributed by atoms with van der Waals surface area (Å²) in [5, 5.41) is 11.9. The van der Waals surface area contributed by atoms with Gasteiger partial charge in [0.25, 0.3) is 0 Å². The van der Waals surface area contributed by atoms with Gasteiger partial charge in [0, 0.05) is 16.7 Å². The van der Waals surface area contributed by atoms with Crippen LogP contribution < -0.4 is 5.32 Å². The summed E-state index contributed by atoms with van der Waals surface area (Å²) in [7, 11) is 1.80. The van der Waals surface area contributed by atoms with E-state index in [1.165, 1.54) is 23.9 Å². The van der Waals surface area contributed by atoms with Crippen LogP contribution in [0.5, 0.6) is 0 Å². The quantitative estimate of drug-likeness (QED) is 0.730. The Kier molecular flexibility index (Phi) is 4.93. The second-order valence-corrected chi connectivity index (χ2v) is 4.03. The normalized spacial score (nSPS) is 12.8. The summed E-state index contributed by atoms with van der Waals surface area (Å²) in [6, 6.07) is 6.52. The first-order valence-electron chi connectivity index (χ1n) is 4.42. The lowest BCUT2D eigenvalue weighted by atomic mass is 10.3. The fourth-order valence-electron chi connectivity index (χ4n) is 0.981. The molecule has 1 rings (SSSR count). The van der Waals surface area contributed by atoms with Crippen molar-refractivity contribution in [2.45, 2.75) is 10.9 Å². The van der Waals surface area contributed by atoms with Gasteiger partial charge in [0.2, 0.25) is 0 Å². The zero-order valence-corrected chi connectivity index (χ0v) is 8.85. The molecular formula is C10H14FNOS. The lowest BCUT2D eigenvalue weighted by Gasteiger charge is -2.11. The lowest BCUT2D eigenvalue weighted by molar-refractivity contribution is 0.260. The van der Waals surface area contributed by atoms with Crippen molar-refractivity contribution in [2.24, 2.45) is 0 Å². The predicted molar refractivity (Wildman–Crippen MR) is 57.1 cm³/mol. The van der Waals surface area contributed by atoms with Crippen LogP contribution in [0.15, 0.2) is 29.2 Å². The molecule has 0 aliphatic rings. The van der Waals surface area contributed by atoms with Gasteiger partial charge in [-0.05, 0) is 25.2 Å². The number of rotatable bonds is 5. The van der Waals surface area contributed by atoms with E-state index in [2.05, 4.69) is 5.32 Å². The molecule has 1 atom stereocenters. The number of halogens is 1. The highest BCUT2D eigenvalue weighted by Crippen LogP contribution is 2.19. The molecule has 14 heavy (non-hydrogen) atoms. The van der Waals surface area contributed by atoms with Crippen LogP contribution in [0.4, 0.5) is 4.39 Å². The predicted octanol–water partition coefficient (Wildman–Crippen LogP) is 1.50. The Bertz CT molecular complexity index is 279. The van der Waals surface area contributed by atoms with Crippen molar-refractivity contribution in [1.82, 2.24) is 5.32 Å². The molecule has 0 radical (unpaired) electrons. The number of hydrogen-bond acceptors (Lipinski definition) is 3. The molecule has 0 aliphatic carbocycles. The highest BCUT2D eigenvalue weighted by molar-refractivity contribution is 7.99. The van der Waals surface area contributed by atoms with E-state index < -0.39 is 0 Å². The van der Waals surface area contributed by atoms with Crippen LogP contribution in [0.25, 0.3) is 0 Å². The molecule has 0 heterocycles. The zero-order valence-electron chi connectivity index (χ0n) is 8.03. The lowest BCUT2D eigenvalue weighted by Crippen LogP contribution is -2.31. The molecule has 0 amide bonds. The Hall–Kier alpha value is -0.580. The molecule has 0 saturated carbocycles. The minimum atomic E-state index is -0.222. The van der Waals surface area contributed by atoms with Crippen molar-refractivity contribution in [3.63, 3.8) is 0 Å². The largest absolute Gasteiger partial charge is 0.395 e. The minimum absolute atomic E-state index is 0.0586. The number of nitrogens with one attached hydrogen (secondary N) is 1. The number of hydrogen-bond donors (Lipinski definition) is 2. The van der Waals surface area contributed by atoms with Crippen LogP contribution in [0.1, 0.15) is 0 Å². The van der Waals surface area contributed by atoms with E-state index in [1.807, 2.05) is 6.07 Å². The van der Waals surface area contributed by atoms with Gasteiger partial charge in [-0.1, -0.05) is 6.07 Å². The molecular weight excluding hydrogens is 201 g/mol. The third-order valence-corrected chi connectivity index (χ3v) is 3.03. The molecule has 1 aromatic carbocycles. The number of aliphatic hydroxyl groups is 1. The topological polar surface area (TPSA) is 32.3 Å². The van der Waals surface area contributed by atoms with Gasteiger partial charge in [-0.2, -0.15) is 0 Å². The Morgan fingerprint density at radius 1 is 1.57 bits per heavy atom. The molecule has 1 aromatic rings. The second-order valence-electron chi connectivity index (χ2n) is 2.94. The van der Waals surface area contributed by atoms with Gasteiger partial charge in [-0.15, -0.1) is 11.8 Å². The van der Waals surface area contributed by atoms with Gasteiger partial charge >= 0.3 is 0 Å². The summed E-state index contributed by atoms with van der Waals surface area (Å²) in [5.74, 6) is 0.510. The van der Waals surface area contributed by atoms with Crippen molar-refractivity contribution in [1.29, 1.82) is 0 Å². The molecule has 2 nitrogen and oxygen atoms in total. The van der Waals surface area contributed by atoms with Gasteiger partial charge in [0.15, 0.2) is 0 Å². The summed E-state index contributed by atoms with van der Waals surface area (Å²) in [6.07, 6.45) is 0. The fraction of sp³-hybridized carbons (Fsp3) is 0.400. The Morgan fingerprint density at radius 3 is 2.93 bits per heavy atom. The average Bonchev–Trinajstić information content (AvgIpc) is 2.19. The van der Waals surface area contributed by atoms with E-state index >= 15 is 0 Å². The van der Waals surface area contributed by atoms with Gasteiger partial charge in [-0.3, -0.25) is 0 Å². The summed E-state index contributed by atoms with van der Waals surface area (Å²) >= 11 is 1.53. The Morgan fingerprint density at radius 2 is 2.36 bits per heavy atom. The molecule has 0 bridgehead atoms. The maximum absolute atomic E-state index is 12.8. The number of benzene rings is 1. The van der Waals surface area contributed by atoms with Crippen molar-refractivity contribution in [3.05, 3.63) is 30.1 Å². The first kappa shape index (κ1) is 11.5. The average molecular weight is 215 g/mol. The number of likely N-dealkylation sites (N-methyl/N-ethyl adjacent to an activating group) is 1. The third-order valence-electron chi connectivity index (χ3n) is 1.88. The summed E-state index contributed by atoms with van der Waals surface area (Å²) in [4.78, 5) is 0.888. The highest BCUT2D eigenvalue weighted by atomic mass is 32.2. The summed E-state index contributed by atoms with van der Waals surface area (Å²) < 4.78 is 12.8. The van der Waals surface area contributed by atoms with E-state index in [1.54, 1.807) is 13.1 Å². The maximum Gasteiger partial charge on any atom is 0.124 e. The molecule has 1 unspecified atom stereocenters. The molecule has 4 heteroatoms. The van der Waals surface area contributed by atoms with Crippen LogP contribution in [-0.4, -0.2) is 30.6 Å². The molecule has 78 valence electrons. The number of aliphatic hydroxyl groups excluding tert-OH is 1. The van der Waals surface area contributed by atoms with Crippen molar-refractivity contribution < 1.29 is 9.50 Å². The highest BCUT2D eigenvalue weighted by Gasteiger charge is 2.04. The molecule has 0 spiro atoms.